The van der Waals surface area contributed by atoms with Gasteiger partial charge in [0.05, 0.1) is 12.2 Å². The highest BCUT2D eigenvalue weighted by Gasteiger charge is 2.03. The molecule has 4 nitrogen and oxygen atoms in total. The Morgan fingerprint density at radius 3 is 2.75 bits per heavy atom. The monoisotopic (exact) mass is 223 g/mol. The number of rotatable bonds is 6. The number of hydrogen-bond acceptors (Lipinski definition) is 3. The van der Waals surface area contributed by atoms with E-state index >= 15 is 0 Å². The molecular formula is C12H17NO3. The zero-order valence-corrected chi connectivity index (χ0v) is 9.64. The van der Waals surface area contributed by atoms with E-state index in [2.05, 4.69) is 18.8 Å². The Labute approximate surface area is 95.3 Å². The minimum atomic E-state index is -0.973. The van der Waals surface area contributed by atoms with Crippen LogP contribution in [0.5, 0.6) is 5.88 Å². The SMILES string of the molecule is CC(C)CCCOc1ccc(C(=O)O)cn1. The molecule has 1 heterocycles. The number of hydrogen-bond donors (Lipinski definition) is 1. The van der Waals surface area contributed by atoms with Gasteiger partial charge in [-0.25, -0.2) is 9.78 Å². The maximum atomic E-state index is 10.6. The summed E-state index contributed by atoms with van der Waals surface area (Å²) in [6.45, 7) is 4.96. The zero-order valence-electron chi connectivity index (χ0n) is 9.64. The van der Waals surface area contributed by atoms with Gasteiger partial charge in [0.1, 0.15) is 0 Å². The number of carbonyl (C=O) groups is 1. The van der Waals surface area contributed by atoms with Crippen LogP contribution in [0.2, 0.25) is 0 Å². The van der Waals surface area contributed by atoms with Gasteiger partial charge >= 0.3 is 5.97 Å². The molecule has 1 N–H and O–H groups in total. The van der Waals surface area contributed by atoms with E-state index in [9.17, 15) is 4.79 Å². The summed E-state index contributed by atoms with van der Waals surface area (Å²) in [7, 11) is 0. The molecule has 0 aromatic carbocycles. The van der Waals surface area contributed by atoms with Gasteiger partial charge in [0.25, 0.3) is 0 Å². The number of carboxylic acids is 1. The lowest BCUT2D eigenvalue weighted by atomic mass is 10.1. The summed E-state index contributed by atoms with van der Waals surface area (Å²) in [6, 6.07) is 3.08. The van der Waals surface area contributed by atoms with Crippen molar-refractivity contribution in [3.8, 4) is 5.88 Å². The first kappa shape index (κ1) is 12.5. The Hall–Kier alpha value is -1.58. The molecule has 0 fully saturated rings. The molecule has 4 heteroatoms. The average molecular weight is 223 g/mol. The fourth-order valence-electron chi connectivity index (χ4n) is 1.26. The molecule has 0 saturated carbocycles. The molecule has 1 rings (SSSR count). The highest BCUT2D eigenvalue weighted by Crippen LogP contribution is 2.09. The molecule has 0 aliphatic heterocycles. The van der Waals surface area contributed by atoms with E-state index in [-0.39, 0.29) is 5.56 Å². The van der Waals surface area contributed by atoms with E-state index in [1.54, 1.807) is 6.07 Å². The summed E-state index contributed by atoms with van der Waals surface area (Å²) in [5.74, 6) is 0.179. The first-order chi connectivity index (χ1) is 7.59. The molecule has 0 aliphatic rings. The second kappa shape index (κ2) is 6.10. The predicted octanol–water partition coefficient (Wildman–Crippen LogP) is 2.59. The molecule has 1 aromatic rings. The van der Waals surface area contributed by atoms with Crippen LogP contribution in [0.1, 0.15) is 37.0 Å². The number of carboxylic acid groups (broad SMARTS) is 1. The van der Waals surface area contributed by atoms with Crippen LogP contribution in [0.25, 0.3) is 0 Å². The topological polar surface area (TPSA) is 59.4 Å². The Bertz CT molecular complexity index is 333. The van der Waals surface area contributed by atoms with Crippen LogP contribution in [-0.4, -0.2) is 22.7 Å². The highest BCUT2D eigenvalue weighted by atomic mass is 16.5. The lowest BCUT2D eigenvalue weighted by molar-refractivity contribution is 0.0696. The molecule has 0 amide bonds. The van der Waals surface area contributed by atoms with Crippen LogP contribution >= 0.6 is 0 Å². The number of aromatic carboxylic acids is 1. The van der Waals surface area contributed by atoms with Gasteiger partial charge in [-0.1, -0.05) is 13.8 Å². The Balaban J connectivity index is 2.35. The van der Waals surface area contributed by atoms with Crippen molar-refractivity contribution in [3.05, 3.63) is 23.9 Å². The van der Waals surface area contributed by atoms with Crippen LogP contribution < -0.4 is 4.74 Å². The van der Waals surface area contributed by atoms with Crippen molar-refractivity contribution >= 4 is 5.97 Å². The number of aromatic nitrogens is 1. The summed E-state index contributed by atoms with van der Waals surface area (Å²) in [5, 5.41) is 8.67. The first-order valence-electron chi connectivity index (χ1n) is 5.41. The standard InChI is InChI=1S/C12H17NO3/c1-9(2)4-3-7-16-11-6-5-10(8-13-11)12(14)15/h5-6,8-9H,3-4,7H2,1-2H3,(H,14,15). The Morgan fingerprint density at radius 2 is 2.25 bits per heavy atom. The van der Waals surface area contributed by atoms with Crippen LogP contribution in [-0.2, 0) is 0 Å². The fourth-order valence-corrected chi connectivity index (χ4v) is 1.26. The van der Waals surface area contributed by atoms with E-state index in [4.69, 9.17) is 9.84 Å². The third-order valence-corrected chi connectivity index (χ3v) is 2.16. The Morgan fingerprint density at radius 1 is 1.50 bits per heavy atom. The van der Waals surface area contributed by atoms with Gasteiger partial charge < -0.3 is 9.84 Å². The molecule has 1 aromatic heterocycles. The van der Waals surface area contributed by atoms with Gasteiger partial charge in [0.2, 0.25) is 5.88 Å². The van der Waals surface area contributed by atoms with Crippen LogP contribution in [0.15, 0.2) is 18.3 Å². The molecule has 0 saturated heterocycles. The second-order valence-corrected chi connectivity index (χ2v) is 4.07. The maximum Gasteiger partial charge on any atom is 0.337 e. The normalized spacial score (nSPS) is 10.4. The maximum absolute atomic E-state index is 10.6. The van der Waals surface area contributed by atoms with Crippen LogP contribution in [0.3, 0.4) is 0 Å². The summed E-state index contributed by atoms with van der Waals surface area (Å²) >= 11 is 0. The van der Waals surface area contributed by atoms with Crippen molar-refractivity contribution in [1.29, 1.82) is 0 Å². The minimum Gasteiger partial charge on any atom is -0.478 e. The Kier molecular flexibility index (Phi) is 4.76. The van der Waals surface area contributed by atoms with Gasteiger partial charge in [-0.2, -0.15) is 0 Å². The van der Waals surface area contributed by atoms with E-state index in [0.717, 1.165) is 12.8 Å². The van der Waals surface area contributed by atoms with E-state index in [1.807, 2.05) is 0 Å². The lowest BCUT2D eigenvalue weighted by Crippen LogP contribution is -2.02. The number of pyridine rings is 1. The molecule has 0 atom stereocenters. The summed E-state index contributed by atoms with van der Waals surface area (Å²) < 4.78 is 5.39. The van der Waals surface area contributed by atoms with E-state index in [0.29, 0.717) is 18.4 Å². The fraction of sp³-hybridized carbons (Fsp3) is 0.500. The van der Waals surface area contributed by atoms with E-state index < -0.39 is 5.97 Å². The summed E-state index contributed by atoms with van der Waals surface area (Å²) in [4.78, 5) is 14.5. The van der Waals surface area contributed by atoms with E-state index in [1.165, 1.54) is 12.3 Å². The predicted molar refractivity (Wildman–Crippen MR) is 60.8 cm³/mol. The third kappa shape index (κ3) is 4.29. The molecule has 0 bridgehead atoms. The van der Waals surface area contributed by atoms with Crippen molar-refractivity contribution in [2.24, 2.45) is 5.92 Å². The summed E-state index contributed by atoms with van der Waals surface area (Å²) in [6.07, 6.45) is 3.41. The second-order valence-electron chi connectivity index (χ2n) is 4.07. The van der Waals surface area contributed by atoms with Crippen LogP contribution in [0.4, 0.5) is 0 Å². The molecule has 16 heavy (non-hydrogen) atoms. The molecule has 0 radical (unpaired) electrons. The van der Waals surface area contributed by atoms with Gasteiger partial charge in [-0.05, 0) is 24.8 Å². The average Bonchev–Trinajstić information content (AvgIpc) is 2.25. The molecule has 88 valence electrons. The van der Waals surface area contributed by atoms with Crippen molar-refractivity contribution in [1.82, 2.24) is 4.98 Å². The minimum absolute atomic E-state index is 0.175. The van der Waals surface area contributed by atoms with Crippen LogP contribution in [0, 0.1) is 5.92 Å². The lowest BCUT2D eigenvalue weighted by Gasteiger charge is -2.06. The van der Waals surface area contributed by atoms with Crippen molar-refractivity contribution in [2.75, 3.05) is 6.61 Å². The van der Waals surface area contributed by atoms with Crippen molar-refractivity contribution < 1.29 is 14.6 Å². The largest absolute Gasteiger partial charge is 0.478 e. The van der Waals surface area contributed by atoms with Gasteiger partial charge in [0.15, 0.2) is 0 Å². The quantitative estimate of drug-likeness (QED) is 0.753. The number of nitrogens with zero attached hydrogens (tertiary/aromatic N) is 1. The van der Waals surface area contributed by atoms with Gasteiger partial charge in [-0.3, -0.25) is 0 Å². The number of ether oxygens (including phenoxy) is 1. The zero-order chi connectivity index (χ0) is 12.0. The van der Waals surface area contributed by atoms with Crippen molar-refractivity contribution in [2.45, 2.75) is 26.7 Å². The molecule has 0 unspecified atom stereocenters. The third-order valence-electron chi connectivity index (χ3n) is 2.16. The summed E-state index contributed by atoms with van der Waals surface area (Å²) in [5.41, 5.74) is 0.175. The first-order valence-corrected chi connectivity index (χ1v) is 5.41. The highest BCUT2D eigenvalue weighted by molar-refractivity contribution is 5.87. The molecule has 0 aliphatic carbocycles. The van der Waals surface area contributed by atoms with Gasteiger partial charge in [-0.15, -0.1) is 0 Å². The smallest absolute Gasteiger partial charge is 0.337 e. The molecular weight excluding hydrogens is 206 g/mol. The molecule has 0 spiro atoms. The van der Waals surface area contributed by atoms with Gasteiger partial charge in [0, 0.05) is 12.3 Å². The van der Waals surface area contributed by atoms with Crippen molar-refractivity contribution in [3.63, 3.8) is 0 Å².